The highest BCUT2D eigenvalue weighted by atomic mass is 16.6. The van der Waals surface area contributed by atoms with Gasteiger partial charge in [-0.3, -0.25) is 0 Å². The molecule has 1 fully saturated rings. The van der Waals surface area contributed by atoms with Crippen LogP contribution in [0.2, 0.25) is 0 Å². The Morgan fingerprint density at radius 1 is 1.16 bits per heavy atom. The lowest BCUT2D eigenvalue weighted by atomic mass is 9.82. The van der Waals surface area contributed by atoms with Gasteiger partial charge in [0, 0.05) is 12.1 Å². The number of amides is 1. The molecule has 0 spiro atoms. The molecule has 3 atom stereocenters. The molecular formula is C22H35NO2. The molecule has 1 aliphatic heterocycles. The Morgan fingerprint density at radius 3 is 2.24 bits per heavy atom. The highest BCUT2D eigenvalue weighted by Gasteiger charge is 2.38. The molecule has 1 saturated heterocycles. The number of carbonyl (C=O) groups is 1. The SMILES string of the molecule is CC[C@@H]1C[C@H](C)C[C@H](Cc2c(C)cccc2C)N1C(=O)OC(C)(C)C. The lowest BCUT2D eigenvalue weighted by molar-refractivity contribution is -0.0128. The van der Waals surface area contributed by atoms with Crippen molar-refractivity contribution in [2.24, 2.45) is 5.92 Å². The van der Waals surface area contributed by atoms with Gasteiger partial charge >= 0.3 is 6.09 Å². The minimum absolute atomic E-state index is 0.150. The van der Waals surface area contributed by atoms with Crippen LogP contribution in [0.3, 0.4) is 0 Å². The van der Waals surface area contributed by atoms with Gasteiger partial charge in [0.25, 0.3) is 0 Å². The monoisotopic (exact) mass is 345 g/mol. The van der Waals surface area contributed by atoms with E-state index >= 15 is 0 Å². The minimum Gasteiger partial charge on any atom is -0.444 e. The molecule has 3 heteroatoms. The normalized spacial score (nSPS) is 24.3. The standard InChI is InChI=1S/C22H35NO2/c1-8-18-12-15(2)13-19(23(18)21(24)25-22(5,6)7)14-20-16(3)10-9-11-17(20)4/h9-11,15,18-19H,8,12-14H2,1-7H3/t15-,18+,19+/m0/s1. The molecule has 0 N–H and O–H groups in total. The van der Waals surface area contributed by atoms with Gasteiger partial charge in [-0.1, -0.05) is 32.0 Å². The first-order valence-electron chi connectivity index (χ1n) is 9.68. The number of likely N-dealkylation sites (tertiary alicyclic amines) is 1. The molecule has 2 rings (SSSR count). The van der Waals surface area contributed by atoms with E-state index in [0.29, 0.717) is 5.92 Å². The summed E-state index contributed by atoms with van der Waals surface area (Å²) in [6.45, 7) is 14.7. The number of hydrogen-bond donors (Lipinski definition) is 0. The van der Waals surface area contributed by atoms with E-state index in [9.17, 15) is 4.79 Å². The largest absolute Gasteiger partial charge is 0.444 e. The molecule has 0 aromatic heterocycles. The van der Waals surface area contributed by atoms with Gasteiger partial charge in [-0.15, -0.1) is 0 Å². The van der Waals surface area contributed by atoms with Gasteiger partial charge in [0.05, 0.1) is 0 Å². The van der Waals surface area contributed by atoms with Crippen LogP contribution < -0.4 is 0 Å². The second-order valence-corrected chi connectivity index (χ2v) is 8.75. The van der Waals surface area contributed by atoms with E-state index in [1.165, 1.54) is 16.7 Å². The number of benzene rings is 1. The average molecular weight is 346 g/mol. The third-order valence-electron chi connectivity index (χ3n) is 5.30. The third-order valence-corrected chi connectivity index (χ3v) is 5.30. The van der Waals surface area contributed by atoms with Gasteiger partial charge in [-0.2, -0.15) is 0 Å². The molecule has 1 aromatic rings. The molecule has 1 heterocycles. The van der Waals surface area contributed by atoms with Crippen LogP contribution in [0.4, 0.5) is 4.79 Å². The fraction of sp³-hybridized carbons (Fsp3) is 0.682. The average Bonchev–Trinajstić information content (AvgIpc) is 2.48. The maximum atomic E-state index is 13.0. The summed E-state index contributed by atoms with van der Waals surface area (Å²) < 4.78 is 5.76. The van der Waals surface area contributed by atoms with Gasteiger partial charge in [-0.25, -0.2) is 4.79 Å². The molecule has 0 bridgehead atoms. The van der Waals surface area contributed by atoms with E-state index in [-0.39, 0.29) is 18.2 Å². The first kappa shape index (κ1) is 19.8. The molecular weight excluding hydrogens is 310 g/mol. The van der Waals surface area contributed by atoms with Crippen molar-refractivity contribution in [3.05, 3.63) is 34.9 Å². The van der Waals surface area contributed by atoms with Crippen LogP contribution in [0.25, 0.3) is 0 Å². The minimum atomic E-state index is -0.457. The molecule has 0 saturated carbocycles. The number of piperidine rings is 1. The zero-order valence-corrected chi connectivity index (χ0v) is 17.1. The zero-order valence-electron chi connectivity index (χ0n) is 17.1. The van der Waals surface area contributed by atoms with E-state index < -0.39 is 5.60 Å². The summed E-state index contributed by atoms with van der Waals surface area (Å²) in [5.41, 5.74) is 3.55. The summed E-state index contributed by atoms with van der Waals surface area (Å²) in [6, 6.07) is 6.93. The van der Waals surface area contributed by atoms with Gasteiger partial charge in [0.2, 0.25) is 0 Å². The molecule has 1 aliphatic rings. The molecule has 0 unspecified atom stereocenters. The van der Waals surface area contributed by atoms with Gasteiger partial charge in [0.1, 0.15) is 5.60 Å². The maximum Gasteiger partial charge on any atom is 0.410 e. The molecule has 0 radical (unpaired) electrons. The van der Waals surface area contributed by atoms with Crippen molar-refractivity contribution in [1.29, 1.82) is 0 Å². The topological polar surface area (TPSA) is 29.5 Å². The summed E-state index contributed by atoms with van der Waals surface area (Å²) in [5.74, 6) is 0.637. The molecule has 1 amide bonds. The molecule has 140 valence electrons. The molecule has 1 aromatic carbocycles. The second-order valence-electron chi connectivity index (χ2n) is 8.75. The number of hydrogen-bond acceptors (Lipinski definition) is 2. The Bertz CT molecular complexity index is 582. The smallest absolute Gasteiger partial charge is 0.410 e. The number of ether oxygens (including phenoxy) is 1. The predicted octanol–water partition coefficient (Wildman–Crippen LogP) is 5.66. The quantitative estimate of drug-likeness (QED) is 0.707. The first-order chi connectivity index (χ1) is 11.6. The first-order valence-corrected chi connectivity index (χ1v) is 9.68. The Kier molecular flexibility index (Phi) is 6.18. The lowest BCUT2D eigenvalue weighted by Gasteiger charge is -2.45. The highest BCUT2D eigenvalue weighted by Crippen LogP contribution is 2.33. The number of nitrogens with zero attached hydrogens (tertiary/aromatic N) is 1. The van der Waals surface area contributed by atoms with Crippen molar-refractivity contribution in [3.63, 3.8) is 0 Å². The van der Waals surface area contributed by atoms with Crippen LogP contribution in [-0.2, 0) is 11.2 Å². The lowest BCUT2D eigenvalue weighted by Crippen LogP contribution is -2.54. The van der Waals surface area contributed by atoms with Gasteiger partial charge < -0.3 is 9.64 Å². The van der Waals surface area contributed by atoms with Crippen molar-refractivity contribution in [2.75, 3.05) is 0 Å². The molecule has 25 heavy (non-hydrogen) atoms. The summed E-state index contributed by atoms with van der Waals surface area (Å²) in [6.07, 6.45) is 3.86. The maximum absolute atomic E-state index is 13.0. The van der Waals surface area contributed by atoms with Crippen LogP contribution in [0.1, 0.15) is 70.6 Å². The third kappa shape index (κ3) is 4.99. The van der Waals surface area contributed by atoms with Gasteiger partial charge in [-0.05, 0) is 82.9 Å². The van der Waals surface area contributed by atoms with Gasteiger partial charge in [0.15, 0.2) is 0 Å². The Morgan fingerprint density at radius 2 is 1.72 bits per heavy atom. The van der Waals surface area contributed by atoms with Crippen LogP contribution in [-0.4, -0.2) is 28.7 Å². The van der Waals surface area contributed by atoms with Crippen molar-refractivity contribution in [2.45, 2.75) is 91.8 Å². The number of rotatable bonds is 3. The van der Waals surface area contributed by atoms with E-state index in [1.807, 2.05) is 20.8 Å². The Balaban J connectivity index is 2.31. The summed E-state index contributed by atoms with van der Waals surface area (Å²) in [5, 5.41) is 0. The van der Waals surface area contributed by atoms with Crippen molar-refractivity contribution in [1.82, 2.24) is 4.90 Å². The molecule has 3 nitrogen and oxygen atoms in total. The fourth-order valence-corrected chi connectivity index (χ4v) is 4.11. The van der Waals surface area contributed by atoms with Crippen LogP contribution >= 0.6 is 0 Å². The number of aryl methyl sites for hydroxylation is 2. The summed E-state index contributed by atoms with van der Waals surface area (Å²) >= 11 is 0. The summed E-state index contributed by atoms with van der Waals surface area (Å²) in [7, 11) is 0. The van der Waals surface area contributed by atoms with Crippen molar-refractivity contribution < 1.29 is 9.53 Å². The van der Waals surface area contributed by atoms with E-state index in [0.717, 1.165) is 25.7 Å². The highest BCUT2D eigenvalue weighted by molar-refractivity contribution is 5.69. The van der Waals surface area contributed by atoms with Crippen LogP contribution in [0.5, 0.6) is 0 Å². The summed E-state index contributed by atoms with van der Waals surface area (Å²) in [4.78, 5) is 15.0. The fourth-order valence-electron chi connectivity index (χ4n) is 4.11. The van der Waals surface area contributed by atoms with Crippen LogP contribution in [0, 0.1) is 19.8 Å². The van der Waals surface area contributed by atoms with E-state index in [4.69, 9.17) is 4.74 Å². The van der Waals surface area contributed by atoms with E-state index in [2.05, 4.69) is 50.8 Å². The molecule has 0 aliphatic carbocycles. The zero-order chi connectivity index (χ0) is 18.8. The van der Waals surface area contributed by atoms with Crippen molar-refractivity contribution >= 4 is 6.09 Å². The number of carbonyl (C=O) groups excluding carboxylic acids is 1. The predicted molar refractivity (Wildman–Crippen MR) is 104 cm³/mol. The second kappa shape index (κ2) is 7.80. The van der Waals surface area contributed by atoms with E-state index in [1.54, 1.807) is 0 Å². The Hall–Kier alpha value is -1.51. The van der Waals surface area contributed by atoms with Crippen molar-refractivity contribution in [3.8, 4) is 0 Å². The van der Waals surface area contributed by atoms with Crippen LogP contribution in [0.15, 0.2) is 18.2 Å². The Labute approximate surface area is 153 Å².